The fourth-order valence-corrected chi connectivity index (χ4v) is 5.89. The highest BCUT2D eigenvalue weighted by molar-refractivity contribution is 5.90. The van der Waals surface area contributed by atoms with Crippen molar-refractivity contribution in [2.24, 2.45) is 0 Å². The molecule has 0 saturated heterocycles. The molecule has 0 aromatic heterocycles. The van der Waals surface area contributed by atoms with E-state index in [9.17, 15) is 19.2 Å². The van der Waals surface area contributed by atoms with Gasteiger partial charge in [0.1, 0.15) is 23.0 Å². The Labute approximate surface area is 365 Å². The number of hydrogen-bond acceptors (Lipinski definition) is 8. The molecular formula is C48H34Cl2O12. The second kappa shape index (κ2) is 20.3. The minimum Gasteiger partial charge on any atom is -0.478 e. The summed E-state index contributed by atoms with van der Waals surface area (Å²) < 4.78 is 23.9. The van der Waals surface area contributed by atoms with E-state index in [0.29, 0.717) is 46.0 Å². The number of carboxylic acid groups (broad SMARTS) is 4. The normalized spacial score (nSPS) is 10.2. The molecule has 0 amide bonds. The highest BCUT2D eigenvalue weighted by Crippen LogP contribution is 2.40. The molecule has 62 heavy (non-hydrogen) atoms. The van der Waals surface area contributed by atoms with E-state index in [-0.39, 0.29) is 47.1 Å². The van der Waals surface area contributed by atoms with Crippen LogP contribution in [0.3, 0.4) is 0 Å². The summed E-state index contributed by atoms with van der Waals surface area (Å²) in [5.41, 5.74) is 0.651. The van der Waals surface area contributed by atoms with Crippen molar-refractivity contribution in [2.75, 3.05) is 0 Å². The first-order valence-electron chi connectivity index (χ1n) is 18.1. The maximum absolute atomic E-state index is 11.0. The Morgan fingerprint density at radius 1 is 0.290 bits per heavy atom. The average Bonchev–Trinajstić information content (AvgIpc) is 3.25. The molecule has 8 aromatic rings. The third-order valence-electron chi connectivity index (χ3n) is 8.94. The predicted molar refractivity (Wildman–Crippen MR) is 236 cm³/mol. The van der Waals surface area contributed by atoms with E-state index in [1.54, 1.807) is 48.5 Å². The van der Waals surface area contributed by atoms with Crippen molar-refractivity contribution in [3.8, 4) is 46.0 Å². The van der Waals surface area contributed by atoms with Gasteiger partial charge in [-0.1, -0.05) is 48.5 Å². The molecule has 4 N–H and O–H groups in total. The molecule has 0 aliphatic rings. The van der Waals surface area contributed by atoms with Gasteiger partial charge in [0, 0.05) is 0 Å². The molecule has 12 nitrogen and oxygen atoms in total. The topological polar surface area (TPSA) is 186 Å². The van der Waals surface area contributed by atoms with Gasteiger partial charge in [0.2, 0.25) is 0 Å². The van der Waals surface area contributed by atoms with Crippen LogP contribution in [0.1, 0.15) is 41.4 Å². The molecule has 0 heterocycles. The van der Waals surface area contributed by atoms with Crippen LogP contribution in [-0.2, 0) is 0 Å². The Balaban J connectivity index is 0.000000227. The van der Waals surface area contributed by atoms with E-state index < -0.39 is 23.9 Å². The Hall–Kier alpha value is -8.06. The molecule has 0 fully saturated rings. The lowest BCUT2D eigenvalue weighted by Crippen LogP contribution is -1.96. The number of rotatable bonds is 12. The summed E-state index contributed by atoms with van der Waals surface area (Å²) in [5.74, 6) is -0.439. The molecule has 8 aromatic carbocycles. The second-order valence-electron chi connectivity index (χ2n) is 13.0. The lowest BCUT2D eigenvalue weighted by molar-refractivity contribution is 0.0686. The van der Waals surface area contributed by atoms with E-state index in [2.05, 4.69) is 0 Å². The number of carboxylic acids is 4. The minimum atomic E-state index is -1.01. The van der Waals surface area contributed by atoms with Crippen molar-refractivity contribution in [3.63, 3.8) is 0 Å². The molecular weight excluding hydrogens is 839 g/mol. The fraction of sp³-hybridized carbons (Fsp3) is 0. The highest BCUT2D eigenvalue weighted by Gasteiger charge is 2.14. The number of ether oxygens (including phenoxy) is 4. The smallest absolute Gasteiger partial charge is 0.335 e. The Bertz CT molecular complexity index is 2470. The summed E-state index contributed by atoms with van der Waals surface area (Å²) in [6.45, 7) is 0. The molecule has 14 heteroatoms. The molecule has 0 aliphatic carbocycles. The van der Waals surface area contributed by atoms with Gasteiger partial charge in [-0.25, -0.2) is 19.2 Å². The van der Waals surface area contributed by atoms with Gasteiger partial charge in [0.05, 0.1) is 22.3 Å². The van der Waals surface area contributed by atoms with Gasteiger partial charge in [-0.05, 0) is 143 Å². The molecule has 0 unspecified atom stereocenters. The first-order valence-corrected chi connectivity index (χ1v) is 18.1. The summed E-state index contributed by atoms with van der Waals surface area (Å²) >= 11 is 0. The molecule has 8 rings (SSSR count). The number of halogens is 2. The molecule has 0 atom stereocenters. The first kappa shape index (κ1) is 45.0. The molecule has 0 saturated carbocycles. The van der Waals surface area contributed by atoms with Crippen molar-refractivity contribution in [1.29, 1.82) is 0 Å². The van der Waals surface area contributed by atoms with Crippen molar-refractivity contribution < 1.29 is 58.6 Å². The quantitative estimate of drug-likeness (QED) is 0.0911. The van der Waals surface area contributed by atoms with Gasteiger partial charge < -0.3 is 39.4 Å². The van der Waals surface area contributed by atoms with Crippen molar-refractivity contribution >= 4 is 70.2 Å². The van der Waals surface area contributed by atoms with Gasteiger partial charge in [-0.15, -0.1) is 24.8 Å². The van der Waals surface area contributed by atoms with Gasteiger partial charge in [0.15, 0.2) is 23.0 Å². The Kier molecular flexibility index (Phi) is 14.7. The summed E-state index contributed by atoms with van der Waals surface area (Å²) in [5, 5.41) is 40.0. The number of benzene rings is 8. The van der Waals surface area contributed by atoms with E-state index in [1.165, 1.54) is 48.5 Å². The van der Waals surface area contributed by atoms with E-state index in [1.807, 2.05) is 72.8 Å². The number of carbonyl (C=O) groups is 4. The molecule has 0 aliphatic heterocycles. The highest BCUT2D eigenvalue weighted by atomic mass is 35.5. The summed E-state index contributed by atoms with van der Waals surface area (Å²) in [7, 11) is 0. The zero-order chi connectivity index (χ0) is 42.2. The lowest BCUT2D eigenvalue weighted by Gasteiger charge is -2.14. The third-order valence-corrected chi connectivity index (χ3v) is 8.94. The van der Waals surface area contributed by atoms with Gasteiger partial charge >= 0.3 is 23.9 Å². The minimum absolute atomic E-state index is 0. The Morgan fingerprint density at radius 3 is 0.629 bits per heavy atom. The largest absolute Gasteiger partial charge is 0.478 e. The van der Waals surface area contributed by atoms with Crippen LogP contribution in [0.2, 0.25) is 0 Å². The van der Waals surface area contributed by atoms with Crippen LogP contribution in [0, 0.1) is 0 Å². The zero-order valence-electron chi connectivity index (χ0n) is 32.0. The summed E-state index contributed by atoms with van der Waals surface area (Å²) in [6, 6.07) is 47.1. The van der Waals surface area contributed by atoms with E-state index >= 15 is 0 Å². The Morgan fingerprint density at radius 2 is 0.468 bits per heavy atom. The molecule has 312 valence electrons. The molecule has 0 bridgehead atoms. The molecule has 0 spiro atoms. The average molecular weight is 874 g/mol. The van der Waals surface area contributed by atoms with Crippen LogP contribution >= 0.6 is 24.8 Å². The van der Waals surface area contributed by atoms with Crippen LogP contribution < -0.4 is 18.9 Å². The predicted octanol–water partition coefficient (Wildman–Crippen LogP) is 12.5. The number of fused-ring (bicyclic) bond motifs is 2. The van der Waals surface area contributed by atoms with Gasteiger partial charge in [-0.3, -0.25) is 0 Å². The second-order valence-corrected chi connectivity index (χ2v) is 13.0. The standard InChI is InChI=1S/2C24H16O6.2ClH/c2*25-23(26)15-5-9-19(10-6-15)29-21-13-17-3-1-2-4-18(17)14-22(21)30-20-11-7-16(8-12-20)24(27)28;;/h2*1-14H,(H,25,26)(H,27,28);2*1H. The van der Waals surface area contributed by atoms with Crippen molar-refractivity contribution in [2.45, 2.75) is 0 Å². The number of aromatic carboxylic acids is 4. The third kappa shape index (κ3) is 11.2. The van der Waals surface area contributed by atoms with E-state index in [4.69, 9.17) is 39.4 Å². The van der Waals surface area contributed by atoms with Crippen LogP contribution in [0.5, 0.6) is 46.0 Å². The SMILES string of the molecule is Cl.Cl.O=C(O)c1ccc(Oc2cc3ccccc3cc2Oc2ccc(C(=O)O)cc2)cc1.O=C(O)c1ccc(Oc2cc3ccccc3cc2Oc2ccc(C(=O)O)cc2)cc1. The van der Waals surface area contributed by atoms with Crippen molar-refractivity contribution in [3.05, 3.63) is 192 Å². The lowest BCUT2D eigenvalue weighted by atomic mass is 10.1. The molecule has 0 radical (unpaired) electrons. The zero-order valence-corrected chi connectivity index (χ0v) is 33.7. The monoisotopic (exact) mass is 872 g/mol. The van der Waals surface area contributed by atoms with Crippen LogP contribution in [0.15, 0.2) is 170 Å². The van der Waals surface area contributed by atoms with E-state index in [0.717, 1.165) is 21.5 Å². The van der Waals surface area contributed by atoms with Gasteiger partial charge in [0.25, 0.3) is 0 Å². The van der Waals surface area contributed by atoms with Crippen LogP contribution in [0.4, 0.5) is 0 Å². The summed E-state index contributed by atoms with van der Waals surface area (Å²) in [4.78, 5) is 44.2. The van der Waals surface area contributed by atoms with Gasteiger partial charge in [-0.2, -0.15) is 0 Å². The summed E-state index contributed by atoms with van der Waals surface area (Å²) in [6.07, 6.45) is 0. The maximum Gasteiger partial charge on any atom is 0.335 e. The van der Waals surface area contributed by atoms with Crippen LogP contribution in [-0.4, -0.2) is 44.3 Å². The van der Waals surface area contributed by atoms with Crippen LogP contribution in [0.25, 0.3) is 21.5 Å². The number of hydrogen-bond donors (Lipinski definition) is 4. The first-order chi connectivity index (χ1) is 29.0. The maximum atomic E-state index is 11.0. The fourth-order valence-electron chi connectivity index (χ4n) is 5.89. The van der Waals surface area contributed by atoms with Crippen molar-refractivity contribution in [1.82, 2.24) is 0 Å².